The van der Waals surface area contributed by atoms with E-state index in [2.05, 4.69) is 10.3 Å². The number of benzene rings is 1. The van der Waals surface area contributed by atoms with Crippen molar-refractivity contribution >= 4 is 35.0 Å². The molecule has 0 saturated carbocycles. The number of alkyl halides is 6. The molecule has 0 aliphatic carbocycles. The molecule has 154 valence electrons. The minimum atomic E-state index is -4.61. The Morgan fingerprint density at radius 1 is 1.07 bits per heavy atom. The van der Waals surface area contributed by atoms with Crippen LogP contribution in [0.15, 0.2) is 41.6 Å². The Morgan fingerprint density at radius 3 is 2.31 bits per heavy atom. The third kappa shape index (κ3) is 4.81. The summed E-state index contributed by atoms with van der Waals surface area (Å²) in [6, 6.07) is 4.53. The number of halogens is 6. The third-order valence-electron chi connectivity index (χ3n) is 3.90. The Morgan fingerprint density at radius 2 is 1.72 bits per heavy atom. The van der Waals surface area contributed by atoms with Crippen LogP contribution in [-0.2, 0) is 21.9 Å². The Hall–Kier alpha value is -2.76. The van der Waals surface area contributed by atoms with E-state index < -0.39 is 41.8 Å². The maximum absolute atomic E-state index is 12.8. The van der Waals surface area contributed by atoms with Crippen molar-refractivity contribution in [2.24, 2.45) is 0 Å². The average Bonchev–Trinajstić information content (AvgIpc) is 2.63. The molecule has 2 aromatic rings. The predicted molar refractivity (Wildman–Crippen MR) is 92.4 cm³/mol. The van der Waals surface area contributed by atoms with E-state index in [0.29, 0.717) is 6.20 Å². The van der Waals surface area contributed by atoms with Crippen molar-refractivity contribution in [3.05, 3.63) is 47.7 Å². The molecule has 1 aromatic heterocycles. The smallest absolute Gasteiger partial charge is 0.323 e. The van der Waals surface area contributed by atoms with Gasteiger partial charge in [-0.05, 0) is 30.3 Å². The standard InChI is InChI=1S/C17H11F6N3O2S/c18-16(19,20)9-1-3-12-11(5-9)25-13(27)7-26(12)15(28)8-29-14-4-2-10(6-24-14)17(21,22)23/h1-6H,7-8H2,(H,25,27). The van der Waals surface area contributed by atoms with Crippen molar-refractivity contribution in [2.75, 3.05) is 22.5 Å². The molecule has 3 rings (SSSR count). The van der Waals surface area contributed by atoms with E-state index in [1.165, 1.54) is 0 Å². The number of nitrogens with zero attached hydrogens (tertiary/aromatic N) is 2. The lowest BCUT2D eigenvalue weighted by molar-refractivity contribution is -0.138. The molecule has 12 heteroatoms. The summed E-state index contributed by atoms with van der Waals surface area (Å²) in [6.45, 7) is -0.391. The first-order valence-electron chi connectivity index (χ1n) is 7.92. The van der Waals surface area contributed by atoms with Gasteiger partial charge in [0, 0.05) is 6.20 Å². The average molecular weight is 435 g/mol. The molecule has 1 N–H and O–H groups in total. The van der Waals surface area contributed by atoms with Gasteiger partial charge in [0.05, 0.1) is 33.3 Å². The number of fused-ring (bicyclic) bond motifs is 1. The largest absolute Gasteiger partial charge is 0.417 e. The zero-order valence-electron chi connectivity index (χ0n) is 14.3. The van der Waals surface area contributed by atoms with Crippen molar-refractivity contribution in [1.29, 1.82) is 0 Å². The molecule has 0 spiro atoms. The molecule has 1 aliphatic heterocycles. The maximum Gasteiger partial charge on any atom is 0.417 e. The number of aromatic nitrogens is 1. The highest BCUT2D eigenvalue weighted by Gasteiger charge is 2.34. The second-order valence-corrected chi connectivity index (χ2v) is 6.92. The van der Waals surface area contributed by atoms with Gasteiger partial charge < -0.3 is 10.2 Å². The number of carbonyl (C=O) groups is 2. The molecule has 1 aliphatic rings. The van der Waals surface area contributed by atoms with Crippen LogP contribution in [0.25, 0.3) is 0 Å². The van der Waals surface area contributed by atoms with Crippen molar-refractivity contribution in [2.45, 2.75) is 17.4 Å². The van der Waals surface area contributed by atoms with E-state index >= 15 is 0 Å². The summed E-state index contributed by atoms with van der Waals surface area (Å²) in [5, 5.41) is 2.45. The van der Waals surface area contributed by atoms with Crippen LogP contribution in [0.5, 0.6) is 0 Å². The molecular formula is C17H11F6N3O2S. The van der Waals surface area contributed by atoms with Gasteiger partial charge in [-0.15, -0.1) is 0 Å². The quantitative estimate of drug-likeness (QED) is 0.580. The topological polar surface area (TPSA) is 62.3 Å². The number of hydrogen-bond donors (Lipinski definition) is 1. The highest BCUT2D eigenvalue weighted by Crippen LogP contribution is 2.37. The molecule has 5 nitrogen and oxygen atoms in total. The Kier molecular flexibility index (Phi) is 5.48. The van der Waals surface area contributed by atoms with Crippen molar-refractivity contribution < 1.29 is 35.9 Å². The summed E-state index contributed by atoms with van der Waals surface area (Å²) in [6.07, 6.45) is -8.52. The van der Waals surface area contributed by atoms with Crippen molar-refractivity contribution in [3.63, 3.8) is 0 Å². The summed E-state index contributed by atoms with van der Waals surface area (Å²) in [7, 11) is 0. The highest BCUT2D eigenvalue weighted by atomic mass is 32.2. The van der Waals surface area contributed by atoms with Crippen molar-refractivity contribution in [1.82, 2.24) is 4.98 Å². The molecule has 2 amide bonds. The zero-order valence-corrected chi connectivity index (χ0v) is 15.1. The first-order valence-corrected chi connectivity index (χ1v) is 8.91. The number of amides is 2. The van der Waals surface area contributed by atoms with Gasteiger partial charge in [-0.2, -0.15) is 26.3 Å². The zero-order chi connectivity index (χ0) is 21.4. The van der Waals surface area contributed by atoms with E-state index in [-0.39, 0.29) is 22.2 Å². The summed E-state index contributed by atoms with van der Waals surface area (Å²) in [5.74, 6) is -1.54. The maximum atomic E-state index is 12.8. The van der Waals surface area contributed by atoms with Crippen LogP contribution >= 0.6 is 11.8 Å². The van der Waals surface area contributed by atoms with Gasteiger partial charge in [0.2, 0.25) is 11.8 Å². The van der Waals surface area contributed by atoms with Crippen LogP contribution < -0.4 is 10.2 Å². The second-order valence-electron chi connectivity index (χ2n) is 5.93. The molecule has 0 atom stereocenters. The van der Waals surface area contributed by atoms with E-state index in [9.17, 15) is 35.9 Å². The normalized spacial score (nSPS) is 14.4. The highest BCUT2D eigenvalue weighted by molar-refractivity contribution is 7.99. The van der Waals surface area contributed by atoms with E-state index in [4.69, 9.17) is 0 Å². The summed E-state index contributed by atoms with van der Waals surface area (Å²) in [5.41, 5.74) is -1.96. The monoisotopic (exact) mass is 435 g/mol. The lowest BCUT2D eigenvalue weighted by Crippen LogP contribution is -2.43. The number of thioether (sulfide) groups is 1. The number of carbonyl (C=O) groups excluding carboxylic acids is 2. The molecule has 0 unspecified atom stereocenters. The summed E-state index contributed by atoms with van der Waals surface area (Å²) < 4.78 is 76.2. The fourth-order valence-corrected chi connectivity index (χ4v) is 3.25. The number of anilines is 2. The van der Waals surface area contributed by atoms with Crippen LogP contribution in [0.1, 0.15) is 11.1 Å². The second kappa shape index (κ2) is 7.58. The van der Waals surface area contributed by atoms with Gasteiger partial charge in [-0.25, -0.2) is 4.98 Å². The van der Waals surface area contributed by atoms with Crippen LogP contribution in [-0.4, -0.2) is 29.1 Å². The van der Waals surface area contributed by atoms with Gasteiger partial charge in [-0.3, -0.25) is 9.59 Å². The number of nitrogens with one attached hydrogen (secondary N) is 1. The number of rotatable bonds is 3. The van der Waals surface area contributed by atoms with Gasteiger partial charge in [0.1, 0.15) is 6.54 Å². The first-order chi connectivity index (χ1) is 13.4. The number of hydrogen-bond acceptors (Lipinski definition) is 4. The number of pyridine rings is 1. The van der Waals surface area contributed by atoms with E-state index in [1.807, 2.05) is 0 Å². The molecular weight excluding hydrogens is 424 g/mol. The van der Waals surface area contributed by atoms with Crippen LogP contribution in [0, 0.1) is 0 Å². The fourth-order valence-electron chi connectivity index (χ4n) is 2.54. The molecule has 0 radical (unpaired) electrons. The fraction of sp³-hybridized carbons (Fsp3) is 0.235. The van der Waals surface area contributed by atoms with E-state index in [1.54, 1.807) is 0 Å². The third-order valence-corrected chi connectivity index (χ3v) is 4.83. The predicted octanol–water partition coefficient (Wildman–Crippen LogP) is 4.20. The van der Waals surface area contributed by atoms with Crippen LogP contribution in [0.3, 0.4) is 0 Å². The molecule has 2 heterocycles. The lowest BCUT2D eigenvalue weighted by Gasteiger charge is -2.29. The Balaban J connectivity index is 1.74. The summed E-state index contributed by atoms with van der Waals surface area (Å²) >= 11 is 0.843. The van der Waals surface area contributed by atoms with Gasteiger partial charge in [-0.1, -0.05) is 11.8 Å². The molecule has 0 bridgehead atoms. The minimum Gasteiger partial charge on any atom is -0.323 e. The SMILES string of the molecule is O=C1CN(C(=O)CSc2ccc(C(F)(F)F)cn2)c2ccc(C(F)(F)F)cc2N1. The van der Waals surface area contributed by atoms with Gasteiger partial charge >= 0.3 is 12.4 Å². The molecule has 29 heavy (non-hydrogen) atoms. The van der Waals surface area contributed by atoms with Gasteiger partial charge in [0.25, 0.3) is 0 Å². The van der Waals surface area contributed by atoms with Gasteiger partial charge in [0.15, 0.2) is 0 Å². The molecule has 0 fully saturated rings. The first kappa shape index (κ1) is 21.0. The summed E-state index contributed by atoms with van der Waals surface area (Å²) in [4.78, 5) is 28.9. The Labute approximate surface area is 164 Å². The molecule has 1 aromatic carbocycles. The lowest BCUT2D eigenvalue weighted by atomic mass is 10.1. The van der Waals surface area contributed by atoms with Crippen molar-refractivity contribution in [3.8, 4) is 0 Å². The van der Waals surface area contributed by atoms with Crippen LogP contribution in [0.4, 0.5) is 37.7 Å². The van der Waals surface area contributed by atoms with E-state index in [0.717, 1.165) is 47.0 Å². The van der Waals surface area contributed by atoms with Crippen LogP contribution in [0.2, 0.25) is 0 Å². The minimum absolute atomic E-state index is 0.101. The molecule has 0 saturated heterocycles. The Bertz CT molecular complexity index is 944.